The fourth-order valence-corrected chi connectivity index (χ4v) is 3.17. The van der Waals surface area contributed by atoms with Crippen LogP contribution in [0.25, 0.3) is 0 Å². The molecule has 0 saturated heterocycles. The van der Waals surface area contributed by atoms with Gasteiger partial charge in [0.1, 0.15) is 5.15 Å². The van der Waals surface area contributed by atoms with E-state index in [2.05, 4.69) is 15.6 Å². The van der Waals surface area contributed by atoms with Crippen molar-refractivity contribution in [2.24, 2.45) is 0 Å². The van der Waals surface area contributed by atoms with Gasteiger partial charge in [0.15, 0.2) is 0 Å². The Balaban J connectivity index is 1.89. The van der Waals surface area contributed by atoms with Gasteiger partial charge in [-0.1, -0.05) is 17.7 Å². The lowest BCUT2D eigenvalue weighted by molar-refractivity contribution is -0.384. The first-order valence-electron chi connectivity index (χ1n) is 7.83. The molecule has 0 radical (unpaired) electrons. The van der Waals surface area contributed by atoms with Gasteiger partial charge in [0.2, 0.25) is 11.7 Å². The second-order valence-corrected chi connectivity index (χ2v) is 6.41. The molecule has 0 aliphatic heterocycles. The first kappa shape index (κ1) is 17.2. The maximum absolute atomic E-state index is 11.3. The van der Waals surface area contributed by atoms with E-state index < -0.39 is 4.92 Å². The Morgan fingerprint density at radius 3 is 2.84 bits per heavy atom. The average Bonchev–Trinajstić information content (AvgIpc) is 2.92. The van der Waals surface area contributed by atoms with Crippen LogP contribution in [0.4, 0.5) is 17.2 Å². The quantitative estimate of drug-likeness (QED) is 0.490. The number of aryl methyl sites for hydroxylation is 2. The second kappa shape index (κ2) is 6.68. The Morgan fingerprint density at radius 2 is 2.16 bits per heavy atom. The molecule has 2 aromatic rings. The van der Waals surface area contributed by atoms with Crippen LogP contribution in [-0.4, -0.2) is 15.8 Å². The van der Waals surface area contributed by atoms with Gasteiger partial charge in [0.05, 0.1) is 11.0 Å². The summed E-state index contributed by atoms with van der Waals surface area (Å²) in [7, 11) is 0. The number of rotatable bonds is 4. The van der Waals surface area contributed by atoms with Crippen LogP contribution >= 0.6 is 11.6 Å². The Bertz CT molecular complexity index is 869. The summed E-state index contributed by atoms with van der Waals surface area (Å²) in [6.45, 7) is 3.17. The SMILES string of the molecule is CC(=O)N[C@H]1CCc2cc(Nc3nc(Cl)c(C)cc3[N+](=O)[O-])ccc21. The zero-order valence-electron chi connectivity index (χ0n) is 13.8. The van der Waals surface area contributed by atoms with Crippen molar-refractivity contribution in [3.63, 3.8) is 0 Å². The number of carbonyl (C=O) groups excluding carboxylic acids is 1. The number of fused-ring (bicyclic) bond motifs is 1. The number of pyridine rings is 1. The molecule has 1 aromatic carbocycles. The number of hydrogen-bond donors (Lipinski definition) is 2. The molecule has 1 aliphatic carbocycles. The monoisotopic (exact) mass is 360 g/mol. The summed E-state index contributed by atoms with van der Waals surface area (Å²) in [5.41, 5.74) is 3.29. The highest BCUT2D eigenvalue weighted by molar-refractivity contribution is 6.30. The summed E-state index contributed by atoms with van der Waals surface area (Å²) in [4.78, 5) is 26.1. The molecule has 1 amide bonds. The normalized spacial score (nSPS) is 15.6. The minimum Gasteiger partial charge on any atom is -0.350 e. The maximum atomic E-state index is 11.3. The molecule has 25 heavy (non-hydrogen) atoms. The van der Waals surface area contributed by atoms with E-state index in [-0.39, 0.29) is 28.6 Å². The molecular weight excluding hydrogens is 344 g/mol. The molecule has 1 atom stereocenters. The Labute approximate surface area is 149 Å². The fourth-order valence-electron chi connectivity index (χ4n) is 3.04. The summed E-state index contributed by atoms with van der Waals surface area (Å²) in [5.74, 6) is 0.0473. The number of benzene rings is 1. The number of aromatic nitrogens is 1. The minimum atomic E-state index is -0.487. The van der Waals surface area contributed by atoms with Crippen molar-refractivity contribution in [1.82, 2.24) is 10.3 Å². The summed E-state index contributed by atoms with van der Waals surface area (Å²) in [6.07, 6.45) is 1.67. The molecule has 130 valence electrons. The van der Waals surface area contributed by atoms with Crippen LogP contribution in [0.3, 0.4) is 0 Å². The lowest BCUT2D eigenvalue weighted by atomic mass is 10.1. The van der Waals surface area contributed by atoms with Gasteiger partial charge in [-0.25, -0.2) is 4.98 Å². The minimum absolute atomic E-state index is 0.0165. The van der Waals surface area contributed by atoms with E-state index >= 15 is 0 Å². The molecule has 8 heteroatoms. The zero-order chi connectivity index (χ0) is 18.1. The van der Waals surface area contributed by atoms with Gasteiger partial charge in [-0.15, -0.1) is 0 Å². The average molecular weight is 361 g/mol. The van der Waals surface area contributed by atoms with Crippen molar-refractivity contribution in [2.75, 3.05) is 5.32 Å². The molecule has 0 fully saturated rings. The van der Waals surface area contributed by atoms with Crippen LogP contribution in [0.15, 0.2) is 24.3 Å². The van der Waals surface area contributed by atoms with Crippen molar-refractivity contribution in [2.45, 2.75) is 32.7 Å². The van der Waals surface area contributed by atoms with Gasteiger partial charge in [-0.05, 0) is 48.6 Å². The van der Waals surface area contributed by atoms with Crippen LogP contribution in [0.2, 0.25) is 5.15 Å². The van der Waals surface area contributed by atoms with Crippen LogP contribution in [0, 0.1) is 17.0 Å². The van der Waals surface area contributed by atoms with Gasteiger partial charge in [-0.3, -0.25) is 14.9 Å². The third kappa shape index (κ3) is 3.56. The Hall–Kier alpha value is -2.67. The highest BCUT2D eigenvalue weighted by Gasteiger charge is 2.24. The van der Waals surface area contributed by atoms with Crippen LogP contribution in [0.5, 0.6) is 0 Å². The van der Waals surface area contributed by atoms with Gasteiger partial charge >= 0.3 is 5.69 Å². The summed E-state index contributed by atoms with van der Waals surface area (Å²) in [5, 5.41) is 17.4. The van der Waals surface area contributed by atoms with E-state index in [1.807, 2.05) is 18.2 Å². The second-order valence-electron chi connectivity index (χ2n) is 6.05. The summed E-state index contributed by atoms with van der Waals surface area (Å²) >= 11 is 6.00. The number of anilines is 2. The van der Waals surface area contributed by atoms with Crippen molar-refractivity contribution in [3.05, 3.63) is 56.2 Å². The van der Waals surface area contributed by atoms with Gasteiger partial charge < -0.3 is 10.6 Å². The van der Waals surface area contributed by atoms with E-state index in [4.69, 9.17) is 11.6 Å². The predicted molar refractivity (Wildman–Crippen MR) is 95.2 cm³/mol. The highest BCUT2D eigenvalue weighted by atomic mass is 35.5. The standard InChI is InChI=1S/C17H17ClN4O3/c1-9-7-15(22(24)25)17(21-16(9)18)20-12-4-5-13-11(8-12)3-6-14(13)19-10(2)23/h4-5,7-8,14H,3,6H2,1-2H3,(H,19,23)(H,20,21)/t14-/m0/s1. The van der Waals surface area contributed by atoms with Crippen LogP contribution in [-0.2, 0) is 11.2 Å². The maximum Gasteiger partial charge on any atom is 0.312 e. The van der Waals surface area contributed by atoms with Crippen molar-refractivity contribution >= 4 is 34.7 Å². The number of nitrogens with one attached hydrogen (secondary N) is 2. The van der Waals surface area contributed by atoms with E-state index in [1.165, 1.54) is 13.0 Å². The van der Waals surface area contributed by atoms with Crippen LogP contribution in [0.1, 0.15) is 36.1 Å². The molecule has 0 bridgehead atoms. The topological polar surface area (TPSA) is 97.2 Å². The molecule has 0 unspecified atom stereocenters. The summed E-state index contributed by atoms with van der Waals surface area (Å²) < 4.78 is 0. The number of carbonyl (C=O) groups is 1. The molecule has 1 aliphatic rings. The van der Waals surface area contributed by atoms with Crippen molar-refractivity contribution in [1.29, 1.82) is 0 Å². The molecule has 0 spiro atoms. The van der Waals surface area contributed by atoms with Crippen molar-refractivity contribution in [3.8, 4) is 0 Å². The van der Waals surface area contributed by atoms with E-state index in [0.717, 1.165) is 24.0 Å². The third-order valence-corrected chi connectivity index (χ3v) is 4.57. The largest absolute Gasteiger partial charge is 0.350 e. The van der Waals surface area contributed by atoms with E-state index in [0.29, 0.717) is 11.3 Å². The third-order valence-electron chi connectivity index (χ3n) is 4.19. The molecule has 7 nitrogen and oxygen atoms in total. The van der Waals surface area contributed by atoms with Crippen LogP contribution < -0.4 is 10.6 Å². The summed E-state index contributed by atoms with van der Waals surface area (Å²) in [6, 6.07) is 7.09. The van der Waals surface area contributed by atoms with E-state index in [9.17, 15) is 14.9 Å². The van der Waals surface area contributed by atoms with Crippen molar-refractivity contribution < 1.29 is 9.72 Å². The molecule has 1 heterocycles. The number of amides is 1. The Morgan fingerprint density at radius 1 is 1.40 bits per heavy atom. The zero-order valence-corrected chi connectivity index (χ0v) is 14.6. The van der Waals surface area contributed by atoms with Gasteiger partial charge in [0.25, 0.3) is 0 Å². The van der Waals surface area contributed by atoms with Gasteiger partial charge in [-0.2, -0.15) is 0 Å². The van der Waals surface area contributed by atoms with Gasteiger partial charge in [0, 0.05) is 18.7 Å². The number of halogens is 1. The molecule has 2 N–H and O–H groups in total. The number of nitro groups is 1. The smallest absolute Gasteiger partial charge is 0.312 e. The first-order chi connectivity index (χ1) is 11.8. The first-order valence-corrected chi connectivity index (χ1v) is 8.21. The van der Waals surface area contributed by atoms with E-state index in [1.54, 1.807) is 6.92 Å². The lowest BCUT2D eigenvalue weighted by Gasteiger charge is -2.13. The predicted octanol–water partition coefficient (Wildman–Crippen LogP) is 3.82. The molecule has 0 saturated carbocycles. The fraction of sp³-hybridized carbons (Fsp3) is 0.294. The molecule has 3 rings (SSSR count). The Kier molecular flexibility index (Phi) is 4.59. The highest BCUT2D eigenvalue weighted by Crippen LogP contribution is 2.35. The number of hydrogen-bond acceptors (Lipinski definition) is 5. The molecule has 1 aromatic heterocycles. The lowest BCUT2D eigenvalue weighted by Crippen LogP contribution is -2.24. The molecular formula is C17H17ClN4O3. The number of nitrogens with zero attached hydrogens (tertiary/aromatic N) is 2.